The minimum atomic E-state index is 0.585. The molecule has 0 amide bonds. The lowest BCUT2D eigenvalue weighted by Gasteiger charge is -2.10. The standard InChI is InChI=1S/C39H26N4O/c1-25-20-31(24-40-23-25)28-14-8-15-29(21-28)38-41-37(27-12-6-3-7-13-27)42-39(43-38)30-18-19-33-35(22-30)44-34-17-9-16-32(36(33)34)26-10-4-2-5-11-26/h2-24H,1H3. The van der Waals surface area contributed by atoms with E-state index < -0.39 is 0 Å². The topological polar surface area (TPSA) is 64.7 Å². The normalized spacial score (nSPS) is 11.3. The van der Waals surface area contributed by atoms with Gasteiger partial charge in [-0.3, -0.25) is 4.98 Å². The molecule has 0 spiro atoms. The maximum Gasteiger partial charge on any atom is 0.164 e. The van der Waals surface area contributed by atoms with Gasteiger partial charge in [-0.1, -0.05) is 97.1 Å². The van der Waals surface area contributed by atoms with Crippen LogP contribution < -0.4 is 0 Å². The van der Waals surface area contributed by atoms with Gasteiger partial charge in [0, 0.05) is 45.4 Å². The van der Waals surface area contributed by atoms with E-state index in [2.05, 4.69) is 65.6 Å². The molecule has 0 fully saturated rings. The molecule has 0 aliphatic carbocycles. The highest BCUT2D eigenvalue weighted by atomic mass is 16.3. The van der Waals surface area contributed by atoms with Crippen LogP contribution in [0.25, 0.3) is 78.4 Å². The van der Waals surface area contributed by atoms with Gasteiger partial charge in [-0.25, -0.2) is 15.0 Å². The molecule has 5 heteroatoms. The smallest absolute Gasteiger partial charge is 0.164 e. The number of hydrogen-bond acceptors (Lipinski definition) is 5. The van der Waals surface area contributed by atoms with E-state index >= 15 is 0 Å². The third kappa shape index (κ3) is 4.71. The van der Waals surface area contributed by atoms with Crippen LogP contribution in [0.4, 0.5) is 0 Å². The van der Waals surface area contributed by atoms with Crippen molar-refractivity contribution in [3.05, 3.63) is 145 Å². The van der Waals surface area contributed by atoms with Crippen molar-refractivity contribution >= 4 is 21.9 Å². The molecular weight excluding hydrogens is 540 g/mol. The monoisotopic (exact) mass is 566 g/mol. The highest BCUT2D eigenvalue weighted by Crippen LogP contribution is 2.38. The third-order valence-electron chi connectivity index (χ3n) is 7.84. The lowest BCUT2D eigenvalue weighted by molar-refractivity contribution is 0.669. The number of fused-ring (bicyclic) bond motifs is 3. The molecule has 0 N–H and O–H groups in total. The van der Waals surface area contributed by atoms with E-state index in [0.29, 0.717) is 17.5 Å². The highest BCUT2D eigenvalue weighted by molar-refractivity contribution is 6.12. The van der Waals surface area contributed by atoms with Crippen LogP contribution in [0.5, 0.6) is 0 Å². The Kier molecular flexibility index (Phi) is 6.27. The zero-order chi connectivity index (χ0) is 29.5. The fraction of sp³-hybridized carbons (Fsp3) is 0.0256. The van der Waals surface area contributed by atoms with E-state index in [1.807, 2.05) is 86.0 Å². The van der Waals surface area contributed by atoms with Crippen LogP contribution in [-0.4, -0.2) is 19.9 Å². The number of hydrogen-bond donors (Lipinski definition) is 0. The van der Waals surface area contributed by atoms with Gasteiger partial charge in [0.05, 0.1) is 0 Å². The Morgan fingerprint density at radius 1 is 0.455 bits per heavy atom. The molecule has 208 valence electrons. The zero-order valence-electron chi connectivity index (χ0n) is 24.0. The van der Waals surface area contributed by atoms with Gasteiger partial charge in [0.1, 0.15) is 11.2 Å². The molecule has 0 atom stereocenters. The lowest BCUT2D eigenvalue weighted by atomic mass is 9.99. The molecule has 3 aromatic heterocycles. The maximum atomic E-state index is 6.40. The van der Waals surface area contributed by atoms with Crippen LogP contribution in [-0.2, 0) is 0 Å². The molecule has 0 bridgehead atoms. The Morgan fingerprint density at radius 2 is 1.09 bits per heavy atom. The summed E-state index contributed by atoms with van der Waals surface area (Å²) >= 11 is 0. The molecule has 0 aliphatic rings. The predicted octanol–water partition coefficient (Wildman–Crippen LogP) is 9.81. The van der Waals surface area contributed by atoms with Gasteiger partial charge in [-0.05, 0) is 59.5 Å². The summed E-state index contributed by atoms with van der Waals surface area (Å²) in [6.07, 6.45) is 3.74. The van der Waals surface area contributed by atoms with Crippen molar-refractivity contribution in [3.63, 3.8) is 0 Å². The van der Waals surface area contributed by atoms with Crippen molar-refractivity contribution in [1.29, 1.82) is 0 Å². The summed E-state index contributed by atoms with van der Waals surface area (Å²) in [5, 5.41) is 2.16. The molecule has 0 unspecified atom stereocenters. The lowest BCUT2D eigenvalue weighted by Crippen LogP contribution is -2.00. The van der Waals surface area contributed by atoms with E-state index in [-0.39, 0.29) is 0 Å². The Bertz CT molecular complexity index is 2290. The molecule has 5 aromatic carbocycles. The molecule has 8 rings (SSSR count). The number of aryl methyl sites for hydroxylation is 1. The van der Waals surface area contributed by atoms with Gasteiger partial charge in [0.15, 0.2) is 17.5 Å². The van der Waals surface area contributed by atoms with Gasteiger partial charge >= 0.3 is 0 Å². The second-order valence-electron chi connectivity index (χ2n) is 10.9. The number of nitrogens with zero attached hydrogens (tertiary/aromatic N) is 4. The van der Waals surface area contributed by atoms with E-state index in [0.717, 1.165) is 66.4 Å². The van der Waals surface area contributed by atoms with Crippen LogP contribution in [0, 0.1) is 6.92 Å². The fourth-order valence-electron chi connectivity index (χ4n) is 5.72. The van der Waals surface area contributed by atoms with Crippen LogP contribution in [0.1, 0.15) is 5.56 Å². The molecule has 0 aliphatic heterocycles. The van der Waals surface area contributed by atoms with E-state index in [4.69, 9.17) is 19.4 Å². The zero-order valence-corrected chi connectivity index (χ0v) is 24.0. The van der Waals surface area contributed by atoms with Crippen molar-refractivity contribution in [1.82, 2.24) is 19.9 Å². The minimum absolute atomic E-state index is 0.585. The predicted molar refractivity (Wildman–Crippen MR) is 177 cm³/mol. The number of benzene rings is 5. The van der Waals surface area contributed by atoms with Crippen molar-refractivity contribution in [2.75, 3.05) is 0 Å². The van der Waals surface area contributed by atoms with Gasteiger partial charge in [-0.2, -0.15) is 0 Å². The molecule has 5 nitrogen and oxygen atoms in total. The van der Waals surface area contributed by atoms with Crippen LogP contribution >= 0.6 is 0 Å². The van der Waals surface area contributed by atoms with Gasteiger partial charge in [0.25, 0.3) is 0 Å². The molecule has 44 heavy (non-hydrogen) atoms. The summed E-state index contributed by atoms with van der Waals surface area (Å²) in [6.45, 7) is 2.05. The molecular formula is C39H26N4O. The quantitative estimate of drug-likeness (QED) is 0.207. The number of rotatable bonds is 5. The maximum absolute atomic E-state index is 6.40. The fourth-order valence-corrected chi connectivity index (χ4v) is 5.72. The van der Waals surface area contributed by atoms with Crippen molar-refractivity contribution < 1.29 is 4.42 Å². The molecule has 8 aromatic rings. The first-order valence-corrected chi connectivity index (χ1v) is 14.5. The summed E-state index contributed by atoms with van der Waals surface area (Å²) in [4.78, 5) is 19.3. The second kappa shape index (κ2) is 10.7. The molecule has 0 saturated heterocycles. The number of furan rings is 1. The average Bonchev–Trinajstić information content (AvgIpc) is 3.47. The minimum Gasteiger partial charge on any atom is -0.456 e. The Balaban J connectivity index is 1.28. The third-order valence-corrected chi connectivity index (χ3v) is 7.84. The molecule has 0 radical (unpaired) electrons. The summed E-state index contributed by atoms with van der Waals surface area (Å²) in [7, 11) is 0. The first kappa shape index (κ1) is 25.7. The van der Waals surface area contributed by atoms with Crippen molar-refractivity contribution in [2.45, 2.75) is 6.92 Å². The van der Waals surface area contributed by atoms with Crippen LogP contribution in [0.3, 0.4) is 0 Å². The van der Waals surface area contributed by atoms with Gasteiger partial charge in [0.2, 0.25) is 0 Å². The van der Waals surface area contributed by atoms with Crippen molar-refractivity contribution in [2.24, 2.45) is 0 Å². The molecule has 0 saturated carbocycles. The number of pyridine rings is 1. The van der Waals surface area contributed by atoms with E-state index in [1.54, 1.807) is 0 Å². The summed E-state index contributed by atoms with van der Waals surface area (Å²) in [5.41, 5.74) is 9.84. The second-order valence-corrected chi connectivity index (χ2v) is 10.9. The Hall–Kier alpha value is -5.94. The van der Waals surface area contributed by atoms with Gasteiger partial charge < -0.3 is 4.42 Å². The Morgan fingerprint density at radius 3 is 1.84 bits per heavy atom. The van der Waals surface area contributed by atoms with Gasteiger partial charge in [-0.15, -0.1) is 0 Å². The largest absolute Gasteiger partial charge is 0.456 e. The van der Waals surface area contributed by atoms with E-state index in [1.165, 1.54) is 0 Å². The first-order valence-electron chi connectivity index (χ1n) is 14.5. The van der Waals surface area contributed by atoms with Crippen LogP contribution in [0.2, 0.25) is 0 Å². The highest BCUT2D eigenvalue weighted by Gasteiger charge is 2.17. The summed E-state index contributed by atoms with van der Waals surface area (Å²) < 4.78 is 6.40. The summed E-state index contributed by atoms with van der Waals surface area (Å²) in [5.74, 6) is 1.80. The summed E-state index contributed by atoms with van der Waals surface area (Å²) in [6, 6.07) is 43.2. The Labute approximate surface area is 254 Å². The van der Waals surface area contributed by atoms with Crippen molar-refractivity contribution in [3.8, 4) is 56.4 Å². The van der Waals surface area contributed by atoms with Crippen LogP contribution in [0.15, 0.2) is 144 Å². The SMILES string of the molecule is Cc1cncc(-c2cccc(-c3nc(-c4ccccc4)nc(-c4ccc5c(c4)oc4cccc(-c6ccccc6)c45)n3)c2)c1. The first-order chi connectivity index (χ1) is 21.7. The number of aromatic nitrogens is 4. The van der Waals surface area contributed by atoms with E-state index in [9.17, 15) is 0 Å². The molecule has 3 heterocycles. The average molecular weight is 567 g/mol.